The average Bonchev–Trinajstić information content (AvgIpc) is 2.21. The summed E-state index contributed by atoms with van der Waals surface area (Å²) in [4.78, 5) is 0. The summed E-state index contributed by atoms with van der Waals surface area (Å²) in [5, 5.41) is 0. The maximum absolute atomic E-state index is 3.81. The van der Waals surface area contributed by atoms with Crippen molar-refractivity contribution < 1.29 is 0 Å². The Morgan fingerprint density at radius 3 is 2.27 bits per heavy atom. The van der Waals surface area contributed by atoms with Gasteiger partial charge >= 0.3 is 0 Å². The van der Waals surface area contributed by atoms with Gasteiger partial charge in [0.15, 0.2) is 0 Å². The van der Waals surface area contributed by atoms with Crippen molar-refractivity contribution in [2.75, 3.05) is 0 Å². The van der Waals surface area contributed by atoms with Gasteiger partial charge in [0, 0.05) is 0 Å². The second kappa shape index (κ2) is 5.55. The van der Waals surface area contributed by atoms with Gasteiger partial charge in [-0.2, -0.15) is 0 Å². The largest absolute Gasteiger partial charge is 0.0985 e. The predicted molar refractivity (Wildman–Crippen MR) is 68.8 cm³/mol. The first-order chi connectivity index (χ1) is 7.17. The Morgan fingerprint density at radius 1 is 1.27 bits per heavy atom. The van der Waals surface area contributed by atoms with E-state index in [1.165, 1.54) is 16.7 Å². The van der Waals surface area contributed by atoms with Crippen molar-refractivity contribution in [1.82, 2.24) is 0 Å². The molecule has 0 saturated carbocycles. The van der Waals surface area contributed by atoms with Crippen LogP contribution in [0, 0.1) is 5.92 Å². The molecular weight excluding hydrogens is 180 g/mol. The van der Waals surface area contributed by atoms with E-state index in [1.54, 1.807) is 0 Å². The molecule has 15 heavy (non-hydrogen) atoms. The zero-order valence-corrected chi connectivity index (χ0v) is 9.96. The second-order valence-corrected chi connectivity index (χ2v) is 4.24. The van der Waals surface area contributed by atoms with Crippen LogP contribution in [0.5, 0.6) is 0 Å². The Kier molecular flexibility index (Phi) is 4.36. The molecule has 0 heteroatoms. The fourth-order valence-corrected chi connectivity index (χ4v) is 1.71. The number of allylic oxidation sites excluding steroid dienone is 3. The minimum Gasteiger partial charge on any atom is -0.0985 e. The molecule has 1 aromatic carbocycles. The smallest absolute Gasteiger partial charge is 0.0187 e. The van der Waals surface area contributed by atoms with E-state index in [-0.39, 0.29) is 0 Å². The molecule has 0 aliphatic rings. The lowest BCUT2D eigenvalue weighted by Gasteiger charge is -2.06. The van der Waals surface area contributed by atoms with Crippen molar-refractivity contribution in [3.8, 4) is 0 Å². The normalized spacial score (nSPS) is 11.9. The average molecular weight is 200 g/mol. The van der Waals surface area contributed by atoms with E-state index in [9.17, 15) is 0 Å². The zero-order chi connectivity index (χ0) is 11.3. The quantitative estimate of drug-likeness (QED) is 0.629. The number of rotatable bonds is 4. The van der Waals surface area contributed by atoms with Gasteiger partial charge in [-0.15, -0.1) is 0 Å². The summed E-state index contributed by atoms with van der Waals surface area (Å²) in [6, 6.07) is 8.77. The highest BCUT2D eigenvalue weighted by Crippen LogP contribution is 2.17. The predicted octanol–water partition coefficient (Wildman–Crippen LogP) is 4.47. The third-order valence-electron chi connectivity index (χ3n) is 2.46. The van der Waals surface area contributed by atoms with Crippen molar-refractivity contribution in [3.63, 3.8) is 0 Å². The molecule has 0 spiro atoms. The van der Waals surface area contributed by atoms with Crippen LogP contribution in [-0.2, 0) is 6.42 Å². The molecule has 1 rings (SSSR count). The Bertz CT molecular complexity index is 339. The maximum Gasteiger partial charge on any atom is -0.0187 e. The van der Waals surface area contributed by atoms with Crippen LogP contribution in [0.15, 0.2) is 43.0 Å². The van der Waals surface area contributed by atoms with Gasteiger partial charge in [0.05, 0.1) is 0 Å². The van der Waals surface area contributed by atoms with Crippen molar-refractivity contribution in [1.29, 1.82) is 0 Å². The first-order valence-electron chi connectivity index (χ1n) is 5.55. The van der Waals surface area contributed by atoms with E-state index < -0.39 is 0 Å². The first kappa shape index (κ1) is 11.8. The molecule has 80 valence electrons. The third-order valence-corrected chi connectivity index (χ3v) is 2.46. The monoisotopic (exact) mass is 200 g/mol. The minimum atomic E-state index is 0.719. The molecule has 0 heterocycles. The Morgan fingerprint density at radius 2 is 1.87 bits per heavy atom. The van der Waals surface area contributed by atoms with Gasteiger partial charge in [-0.25, -0.2) is 0 Å². The molecule has 0 aromatic heterocycles. The van der Waals surface area contributed by atoms with Crippen molar-refractivity contribution in [3.05, 3.63) is 54.1 Å². The van der Waals surface area contributed by atoms with Crippen LogP contribution in [0.25, 0.3) is 5.57 Å². The van der Waals surface area contributed by atoms with Gasteiger partial charge in [-0.1, -0.05) is 56.8 Å². The lowest BCUT2D eigenvalue weighted by Crippen LogP contribution is -1.93. The molecule has 0 atom stereocenters. The summed E-state index contributed by atoms with van der Waals surface area (Å²) < 4.78 is 0. The molecule has 0 unspecified atom stereocenters. The van der Waals surface area contributed by atoms with Gasteiger partial charge in [0.1, 0.15) is 0 Å². The van der Waals surface area contributed by atoms with Gasteiger partial charge in [0.25, 0.3) is 0 Å². The SMILES string of the molecule is C=C/C(=C\C)c1ccc(CC(C)C)cc1. The van der Waals surface area contributed by atoms with Crippen molar-refractivity contribution >= 4 is 5.57 Å². The summed E-state index contributed by atoms with van der Waals surface area (Å²) in [5.41, 5.74) is 3.86. The highest BCUT2D eigenvalue weighted by molar-refractivity contribution is 5.73. The molecule has 0 radical (unpaired) electrons. The lowest BCUT2D eigenvalue weighted by atomic mass is 9.99. The highest BCUT2D eigenvalue weighted by atomic mass is 14.0. The first-order valence-corrected chi connectivity index (χ1v) is 5.55. The van der Waals surface area contributed by atoms with Gasteiger partial charge in [-0.3, -0.25) is 0 Å². The van der Waals surface area contributed by atoms with Crippen molar-refractivity contribution in [2.45, 2.75) is 27.2 Å². The van der Waals surface area contributed by atoms with E-state index in [4.69, 9.17) is 0 Å². The molecule has 0 aliphatic carbocycles. The summed E-state index contributed by atoms with van der Waals surface area (Å²) in [6.45, 7) is 10.3. The summed E-state index contributed by atoms with van der Waals surface area (Å²) >= 11 is 0. The van der Waals surface area contributed by atoms with Crippen molar-refractivity contribution in [2.24, 2.45) is 5.92 Å². The fourth-order valence-electron chi connectivity index (χ4n) is 1.71. The van der Waals surface area contributed by atoms with Gasteiger partial charge in [-0.05, 0) is 36.0 Å². The molecule has 0 fully saturated rings. The topological polar surface area (TPSA) is 0 Å². The summed E-state index contributed by atoms with van der Waals surface area (Å²) in [6.07, 6.45) is 5.14. The molecule has 0 amide bonds. The molecular formula is C15H20. The molecule has 0 N–H and O–H groups in total. The molecule has 0 aliphatic heterocycles. The van der Waals surface area contributed by atoms with E-state index in [0.717, 1.165) is 12.3 Å². The van der Waals surface area contributed by atoms with E-state index >= 15 is 0 Å². The van der Waals surface area contributed by atoms with Gasteiger partial charge in [0.2, 0.25) is 0 Å². The molecule has 1 aromatic rings. The maximum atomic E-state index is 3.81. The third kappa shape index (κ3) is 3.39. The number of hydrogen-bond donors (Lipinski definition) is 0. The molecule has 0 nitrogen and oxygen atoms in total. The fraction of sp³-hybridized carbons (Fsp3) is 0.333. The van der Waals surface area contributed by atoms with E-state index in [0.29, 0.717) is 0 Å². The van der Waals surface area contributed by atoms with Gasteiger partial charge < -0.3 is 0 Å². The van der Waals surface area contributed by atoms with E-state index in [2.05, 4.69) is 50.8 Å². The Labute approximate surface area is 93.3 Å². The van der Waals surface area contributed by atoms with Crippen LogP contribution in [0.2, 0.25) is 0 Å². The zero-order valence-electron chi connectivity index (χ0n) is 9.96. The minimum absolute atomic E-state index is 0.719. The summed E-state index contributed by atoms with van der Waals surface area (Å²) in [7, 11) is 0. The van der Waals surface area contributed by atoms with Crippen LogP contribution in [0.3, 0.4) is 0 Å². The standard InChI is InChI=1S/C15H20/c1-5-14(6-2)15-9-7-13(8-10-15)11-12(3)4/h5-10,12H,1,11H2,2-4H3/b14-6+. The number of benzene rings is 1. The van der Waals surface area contributed by atoms with Crippen LogP contribution >= 0.6 is 0 Å². The van der Waals surface area contributed by atoms with Crippen LogP contribution < -0.4 is 0 Å². The Hall–Kier alpha value is -1.30. The second-order valence-electron chi connectivity index (χ2n) is 4.24. The van der Waals surface area contributed by atoms with Crippen LogP contribution in [-0.4, -0.2) is 0 Å². The van der Waals surface area contributed by atoms with Crippen LogP contribution in [0.4, 0.5) is 0 Å². The summed E-state index contributed by atoms with van der Waals surface area (Å²) in [5.74, 6) is 0.719. The lowest BCUT2D eigenvalue weighted by molar-refractivity contribution is 0.647. The number of hydrogen-bond acceptors (Lipinski definition) is 0. The van der Waals surface area contributed by atoms with Crippen LogP contribution in [0.1, 0.15) is 31.9 Å². The van der Waals surface area contributed by atoms with E-state index in [1.807, 2.05) is 13.0 Å². The Balaban J connectivity index is 2.85. The molecule has 0 bridgehead atoms. The highest BCUT2D eigenvalue weighted by Gasteiger charge is 1.99. The molecule has 0 saturated heterocycles.